The van der Waals surface area contributed by atoms with Crippen molar-refractivity contribution in [2.75, 3.05) is 5.32 Å². The van der Waals surface area contributed by atoms with Crippen LogP contribution in [0.2, 0.25) is 5.28 Å². The van der Waals surface area contributed by atoms with E-state index in [4.69, 9.17) is 16.3 Å². The number of nitrogens with zero attached hydrogens (tertiary/aromatic N) is 5. The third-order valence-corrected chi connectivity index (χ3v) is 9.57. The fraction of sp³-hybridized carbons (Fsp3) is 0.265. The number of anilines is 2. The second kappa shape index (κ2) is 20.3. The van der Waals surface area contributed by atoms with Crippen LogP contribution in [0, 0.1) is 0 Å². The van der Waals surface area contributed by atoms with Crippen molar-refractivity contribution in [1.82, 2.24) is 15.0 Å². The zero-order chi connectivity index (χ0) is 36.6. The van der Waals surface area contributed by atoms with Crippen LogP contribution in [-0.4, -0.2) is 46.0 Å². The Morgan fingerprint density at radius 2 is 1.47 bits per heavy atom. The number of azo groups is 1. The van der Waals surface area contributed by atoms with Gasteiger partial charge < -0.3 is 24.3 Å². The topological polar surface area (TPSA) is 219 Å². The van der Waals surface area contributed by atoms with Crippen molar-refractivity contribution in [3.05, 3.63) is 83.6 Å². The zero-order valence-corrected chi connectivity index (χ0v) is 35.7. The Morgan fingerprint density at radius 1 is 0.811 bits per heavy atom. The molecule has 14 nitrogen and oxygen atoms in total. The number of aryl methyl sites for hydroxylation is 1. The van der Waals surface area contributed by atoms with Crippen LogP contribution in [-0.2, 0) is 26.7 Å². The maximum Gasteiger partial charge on any atom is 1.00 e. The summed E-state index contributed by atoms with van der Waals surface area (Å²) in [5, 5.41) is 20.9. The molecule has 2 N–H and O–H groups in total. The number of unbranched alkanes of at least 4 members (excludes halogenated alkanes) is 6. The quantitative estimate of drug-likeness (QED) is 0.0637. The number of aromatic hydroxyl groups is 1. The second-order valence-electron chi connectivity index (χ2n) is 11.5. The number of hydrogen-bond donors (Lipinski definition) is 2. The summed E-state index contributed by atoms with van der Waals surface area (Å²) in [6, 6.07) is 17.7. The molecular weight excluding hydrogens is 766 g/mol. The van der Waals surface area contributed by atoms with Gasteiger partial charge in [0.2, 0.25) is 11.2 Å². The number of phenols is 1. The molecule has 0 fully saturated rings. The number of halogens is 1. The van der Waals surface area contributed by atoms with Crippen LogP contribution in [0.4, 0.5) is 23.0 Å². The first-order valence-electron chi connectivity index (χ1n) is 16.0. The predicted octanol–water partition coefficient (Wildman–Crippen LogP) is 2.44. The fourth-order valence-electron chi connectivity index (χ4n) is 5.26. The van der Waals surface area contributed by atoms with Crippen molar-refractivity contribution < 1.29 is 94.9 Å². The van der Waals surface area contributed by atoms with E-state index in [0.29, 0.717) is 5.75 Å². The first-order valence-corrected chi connectivity index (χ1v) is 19.2. The van der Waals surface area contributed by atoms with Crippen LogP contribution in [0.1, 0.15) is 57.4 Å². The van der Waals surface area contributed by atoms with Gasteiger partial charge in [0, 0.05) is 5.39 Å². The summed E-state index contributed by atoms with van der Waals surface area (Å²) in [5.74, 6) is -0.768. The summed E-state index contributed by atoms with van der Waals surface area (Å²) in [7, 11) is -10.4. The Hall–Kier alpha value is -2.74. The van der Waals surface area contributed by atoms with Crippen LogP contribution in [0.15, 0.2) is 92.8 Å². The van der Waals surface area contributed by atoms with Gasteiger partial charge in [-0.25, -0.2) is 16.8 Å². The summed E-state index contributed by atoms with van der Waals surface area (Å²) >= 11 is 6.16. The van der Waals surface area contributed by atoms with Crippen molar-refractivity contribution in [2.24, 2.45) is 10.2 Å². The maximum absolute atomic E-state index is 12.2. The molecule has 0 spiro atoms. The molecule has 1 aromatic heterocycles. The van der Waals surface area contributed by atoms with Crippen LogP contribution in [0.3, 0.4) is 0 Å². The number of nitrogens with one attached hydrogen (secondary N) is 1. The van der Waals surface area contributed by atoms with E-state index in [9.17, 15) is 31.0 Å². The number of hydrogen-bond acceptors (Lipinski definition) is 14. The van der Waals surface area contributed by atoms with E-state index in [1.807, 2.05) is 12.1 Å². The zero-order valence-electron chi connectivity index (χ0n) is 29.3. The number of ether oxygens (including phenoxy) is 1. The molecule has 1 heterocycles. The molecule has 268 valence electrons. The molecule has 0 radical (unpaired) electrons. The Morgan fingerprint density at radius 3 is 2.11 bits per heavy atom. The normalized spacial score (nSPS) is 11.6. The Balaban J connectivity index is 0.00000378. The monoisotopic (exact) mass is 798 g/mol. The second-order valence-corrected chi connectivity index (χ2v) is 14.6. The molecule has 53 heavy (non-hydrogen) atoms. The third-order valence-electron chi connectivity index (χ3n) is 7.74. The van der Waals surface area contributed by atoms with Crippen molar-refractivity contribution in [3.63, 3.8) is 0 Å². The fourth-order valence-corrected chi connectivity index (χ4v) is 6.59. The van der Waals surface area contributed by atoms with Gasteiger partial charge in [-0.1, -0.05) is 75.8 Å². The van der Waals surface area contributed by atoms with E-state index in [0.717, 1.165) is 43.0 Å². The van der Waals surface area contributed by atoms with Crippen molar-refractivity contribution in [2.45, 2.75) is 68.1 Å². The third kappa shape index (κ3) is 12.7. The van der Waals surface area contributed by atoms with Crippen molar-refractivity contribution in [3.8, 4) is 17.5 Å². The Kier molecular flexibility index (Phi) is 17.1. The minimum atomic E-state index is -5.30. The van der Waals surface area contributed by atoms with E-state index >= 15 is 0 Å². The molecule has 0 saturated heterocycles. The molecule has 0 atom stereocenters. The molecule has 5 rings (SSSR count). The smallest absolute Gasteiger partial charge is 0.744 e. The van der Waals surface area contributed by atoms with Gasteiger partial charge in [-0.05, 0) is 77.9 Å². The molecule has 4 aromatic carbocycles. The Bertz CT molecular complexity index is 2270. The predicted molar refractivity (Wildman–Crippen MR) is 188 cm³/mol. The molecular formula is C34H33ClN6Na2O8S2. The summed E-state index contributed by atoms with van der Waals surface area (Å²) in [6.07, 6.45) is 9.40. The number of benzene rings is 4. The van der Waals surface area contributed by atoms with E-state index in [1.54, 1.807) is 42.5 Å². The van der Waals surface area contributed by atoms with Gasteiger partial charge in [0.1, 0.15) is 31.7 Å². The molecule has 0 unspecified atom stereocenters. The summed E-state index contributed by atoms with van der Waals surface area (Å²) in [4.78, 5) is 10.3. The largest absolute Gasteiger partial charge is 1.00 e. The first-order chi connectivity index (χ1) is 24.3. The molecule has 0 amide bonds. The minimum Gasteiger partial charge on any atom is -0.744 e. The number of fused-ring (bicyclic) bond motifs is 1. The van der Waals surface area contributed by atoms with Gasteiger partial charge in [-0.15, -0.1) is 5.11 Å². The van der Waals surface area contributed by atoms with Gasteiger partial charge in [-0.2, -0.15) is 20.1 Å². The number of aromatic nitrogens is 3. The maximum atomic E-state index is 12.2. The summed E-state index contributed by atoms with van der Waals surface area (Å²) in [5.41, 5.74) is 0.401. The molecule has 0 aliphatic rings. The SMILES string of the molecule is CCCCCCCCCc1ccc(Oc2nc(Cl)nc(Nc3cc(S(=O)(=O)[O-])cc4cc(S(=O)(=O)[O-])c(N=Nc5ccccc5)c(O)c34)n2)cc1.[Na+].[Na+]. The van der Waals surface area contributed by atoms with Gasteiger partial charge in [0.05, 0.1) is 21.2 Å². The average Bonchev–Trinajstić information content (AvgIpc) is 3.07. The van der Waals surface area contributed by atoms with E-state index in [1.165, 1.54) is 32.1 Å². The number of rotatable bonds is 16. The molecule has 0 saturated carbocycles. The van der Waals surface area contributed by atoms with Gasteiger partial charge in [0.25, 0.3) is 0 Å². The number of phenolic OH excluding ortho intramolecular Hbond substituents is 1. The summed E-state index contributed by atoms with van der Waals surface area (Å²) < 4.78 is 78.8. The van der Waals surface area contributed by atoms with E-state index in [-0.39, 0.29) is 98.5 Å². The standard InChI is InChI=1S/C34H35ClN6O8S2.2Na/c1-2-3-4-5-6-7-9-12-22-15-17-25(18-16-22)49-34-38-32(35)37-33(39-34)36-27-21-26(50(43,44)45)19-23-20-28(51(46,47)48)30(31(42)29(23)27)41-40-24-13-10-8-11-14-24;;/h8,10-11,13-21,42H,2-7,9,12H2,1H3,(H,43,44,45)(H,46,47,48)(H,36,37,38,39);;/q;2*+1/p-2. The molecule has 0 bridgehead atoms. The molecule has 0 aliphatic carbocycles. The van der Waals surface area contributed by atoms with Crippen molar-refractivity contribution >= 4 is 65.6 Å². The molecule has 0 aliphatic heterocycles. The minimum absolute atomic E-state index is 0. The van der Waals surface area contributed by atoms with Crippen LogP contribution >= 0.6 is 11.6 Å². The van der Waals surface area contributed by atoms with Crippen LogP contribution in [0.5, 0.6) is 17.5 Å². The van der Waals surface area contributed by atoms with E-state index in [2.05, 4.69) is 37.4 Å². The summed E-state index contributed by atoms with van der Waals surface area (Å²) in [6.45, 7) is 2.20. The molecule has 5 aromatic rings. The Labute approximate surface area is 357 Å². The first kappa shape index (κ1) is 44.7. The average molecular weight is 799 g/mol. The van der Waals surface area contributed by atoms with Gasteiger partial charge >= 0.3 is 65.1 Å². The van der Waals surface area contributed by atoms with Crippen molar-refractivity contribution in [1.29, 1.82) is 0 Å². The van der Waals surface area contributed by atoms with Gasteiger partial charge in [0.15, 0.2) is 5.75 Å². The van der Waals surface area contributed by atoms with Gasteiger partial charge in [-0.3, -0.25) is 0 Å². The van der Waals surface area contributed by atoms with Crippen LogP contribution in [0.25, 0.3) is 10.8 Å². The molecule has 19 heteroatoms. The van der Waals surface area contributed by atoms with Crippen LogP contribution < -0.4 is 69.2 Å². The van der Waals surface area contributed by atoms with E-state index < -0.39 is 41.5 Å².